The summed E-state index contributed by atoms with van der Waals surface area (Å²) in [6, 6.07) is 1.68. The van der Waals surface area contributed by atoms with Crippen LogP contribution in [-0.2, 0) is 0 Å². The molecular weight excluding hydrogens is 328 g/mol. The highest BCUT2D eigenvalue weighted by molar-refractivity contribution is 7.14. The summed E-state index contributed by atoms with van der Waals surface area (Å²) in [6.45, 7) is 3.19. The van der Waals surface area contributed by atoms with Crippen LogP contribution in [0.15, 0.2) is 18.3 Å². The molecule has 2 aromatic rings. The van der Waals surface area contributed by atoms with E-state index in [0.29, 0.717) is 4.88 Å². The smallest absolute Gasteiger partial charge is 0.345 e. The van der Waals surface area contributed by atoms with Gasteiger partial charge in [0.1, 0.15) is 10.6 Å². The van der Waals surface area contributed by atoms with Gasteiger partial charge in [0.2, 0.25) is 0 Å². The number of hydrogen-bond acceptors (Lipinski definition) is 5. The molecule has 9 heteroatoms. The molecule has 6 nitrogen and oxygen atoms in total. The van der Waals surface area contributed by atoms with E-state index in [1.165, 1.54) is 12.3 Å². The molecule has 0 saturated carbocycles. The van der Waals surface area contributed by atoms with Gasteiger partial charge < -0.3 is 10.4 Å². The van der Waals surface area contributed by atoms with E-state index in [9.17, 15) is 18.4 Å². The quantitative estimate of drug-likeness (QED) is 0.872. The average Bonchev–Trinajstić information content (AvgIpc) is 2.89. The number of halogens is 2. The number of rotatable bonds is 5. The number of hydrogen-bond donors (Lipinski definition) is 2. The second-order valence-electron chi connectivity index (χ2n) is 4.72. The lowest BCUT2D eigenvalue weighted by Crippen LogP contribution is -2.28. The van der Waals surface area contributed by atoms with E-state index in [-0.39, 0.29) is 16.3 Å². The number of alkyl halides is 2. The molecule has 2 rings (SSSR count). The Morgan fingerprint density at radius 1 is 1.39 bits per heavy atom. The van der Waals surface area contributed by atoms with Gasteiger partial charge in [0.15, 0.2) is 5.82 Å². The van der Waals surface area contributed by atoms with Gasteiger partial charge >= 0.3 is 5.97 Å². The van der Waals surface area contributed by atoms with Crippen molar-refractivity contribution in [3.8, 4) is 0 Å². The minimum absolute atomic E-state index is 0.0521. The molecule has 0 aliphatic carbocycles. The van der Waals surface area contributed by atoms with Gasteiger partial charge in [0, 0.05) is 11.1 Å². The Bertz CT molecular complexity index is 749. The summed E-state index contributed by atoms with van der Waals surface area (Å²) >= 11 is 0.989. The number of aromatic carboxylic acids is 1. The fraction of sp³-hybridized carbons (Fsp3) is 0.286. The van der Waals surface area contributed by atoms with E-state index in [2.05, 4.69) is 15.3 Å². The van der Waals surface area contributed by atoms with Crippen LogP contribution in [0.1, 0.15) is 55.8 Å². The van der Waals surface area contributed by atoms with Crippen LogP contribution in [0, 0.1) is 6.92 Å². The van der Waals surface area contributed by atoms with Crippen molar-refractivity contribution >= 4 is 23.2 Å². The Balaban J connectivity index is 2.16. The Morgan fingerprint density at radius 2 is 2.09 bits per heavy atom. The second kappa shape index (κ2) is 6.78. The first-order chi connectivity index (χ1) is 10.8. The first kappa shape index (κ1) is 16.9. The normalized spacial score (nSPS) is 12.2. The number of thiophene rings is 1. The first-order valence-corrected chi connectivity index (χ1v) is 7.36. The van der Waals surface area contributed by atoms with Gasteiger partial charge in [-0.1, -0.05) is 0 Å². The highest BCUT2D eigenvalue weighted by Gasteiger charge is 2.20. The summed E-state index contributed by atoms with van der Waals surface area (Å²) in [7, 11) is 0. The molecule has 1 unspecified atom stereocenters. The number of carbonyl (C=O) groups excluding carboxylic acids is 1. The van der Waals surface area contributed by atoms with Crippen molar-refractivity contribution in [2.45, 2.75) is 26.3 Å². The summed E-state index contributed by atoms with van der Waals surface area (Å²) in [5.41, 5.74) is -0.194. The van der Waals surface area contributed by atoms with E-state index in [0.717, 1.165) is 17.4 Å². The third-order valence-electron chi connectivity index (χ3n) is 3.03. The fourth-order valence-electron chi connectivity index (χ4n) is 1.87. The summed E-state index contributed by atoms with van der Waals surface area (Å²) in [6.07, 6.45) is -1.53. The summed E-state index contributed by atoms with van der Waals surface area (Å²) in [5.74, 6) is -1.56. The zero-order valence-corrected chi connectivity index (χ0v) is 13.0. The van der Waals surface area contributed by atoms with Gasteiger partial charge in [-0.15, -0.1) is 11.3 Å². The Morgan fingerprint density at radius 3 is 2.65 bits per heavy atom. The molecule has 2 heterocycles. The van der Waals surface area contributed by atoms with Gasteiger partial charge in [-0.05, 0) is 26.0 Å². The molecule has 2 N–H and O–H groups in total. The number of carboxylic acids is 1. The lowest BCUT2D eigenvalue weighted by Gasteiger charge is -2.13. The van der Waals surface area contributed by atoms with Crippen LogP contribution in [0.5, 0.6) is 0 Å². The van der Waals surface area contributed by atoms with E-state index >= 15 is 0 Å². The van der Waals surface area contributed by atoms with Crippen molar-refractivity contribution in [1.82, 2.24) is 15.3 Å². The molecule has 2 aromatic heterocycles. The van der Waals surface area contributed by atoms with Crippen molar-refractivity contribution in [2.24, 2.45) is 0 Å². The van der Waals surface area contributed by atoms with Crippen LogP contribution < -0.4 is 5.32 Å². The molecular formula is C14H13F2N3O3S. The summed E-state index contributed by atoms with van der Waals surface area (Å²) in [4.78, 5) is 31.3. The van der Waals surface area contributed by atoms with E-state index in [1.54, 1.807) is 13.8 Å². The zero-order valence-electron chi connectivity index (χ0n) is 12.2. The SMILES string of the molecule is Cc1sc(C(=O)O)cc1C(=O)NC(C)c1nccc(C(F)F)n1. The predicted octanol–water partition coefficient (Wildman–Crippen LogP) is 2.97. The largest absolute Gasteiger partial charge is 0.477 e. The highest BCUT2D eigenvalue weighted by Crippen LogP contribution is 2.22. The lowest BCUT2D eigenvalue weighted by atomic mass is 10.2. The van der Waals surface area contributed by atoms with Crippen molar-refractivity contribution in [3.05, 3.63) is 45.2 Å². The predicted molar refractivity (Wildman–Crippen MR) is 78.9 cm³/mol. The van der Waals surface area contributed by atoms with Crippen molar-refractivity contribution in [2.75, 3.05) is 0 Å². The maximum atomic E-state index is 12.6. The van der Waals surface area contributed by atoms with Gasteiger partial charge in [-0.3, -0.25) is 4.79 Å². The third kappa shape index (κ3) is 3.86. The standard InChI is InChI=1S/C14H13F2N3O3S/c1-6(12-17-4-3-9(19-12)11(15)16)18-13(20)8-5-10(14(21)22)23-7(8)2/h3-6,11H,1-2H3,(H,18,20)(H,21,22). The molecule has 0 spiro atoms. The summed E-state index contributed by atoms with van der Waals surface area (Å²) < 4.78 is 25.3. The number of nitrogens with one attached hydrogen (secondary N) is 1. The van der Waals surface area contributed by atoms with Crippen LogP contribution in [0.2, 0.25) is 0 Å². The van der Waals surface area contributed by atoms with E-state index in [1.807, 2.05) is 0 Å². The zero-order chi connectivity index (χ0) is 17.1. The van der Waals surface area contributed by atoms with E-state index in [4.69, 9.17) is 5.11 Å². The molecule has 0 saturated heterocycles. The molecule has 0 aromatic carbocycles. The van der Waals surface area contributed by atoms with Gasteiger partial charge in [0.05, 0.1) is 11.6 Å². The lowest BCUT2D eigenvalue weighted by molar-refractivity contribution is 0.0702. The molecule has 1 amide bonds. The number of carbonyl (C=O) groups is 2. The molecule has 0 aliphatic heterocycles. The third-order valence-corrected chi connectivity index (χ3v) is 4.07. The fourth-order valence-corrected chi connectivity index (χ4v) is 2.73. The number of amides is 1. The van der Waals surface area contributed by atoms with Crippen LogP contribution in [0.3, 0.4) is 0 Å². The van der Waals surface area contributed by atoms with Gasteiger partial charge in [-0.25, -0.2) is 23.5 Å². The number of carboxylic acid groups (broad SMARTS) is 1. The number of nitrogens with zero attached hydrogens (tertiary/aromatic N) is 2. The minimum Gasteiger partial charge on any atom is -0.477 e. The van der Waals surface area contributed by atoms with Gasteiger partial charge in [-0.2, -0.15) is 0 Å². The molecule has 1 atom stereocenters. The highest BCUT2D eigenvalue weighted by atomic mass is 32.1. The summed E-state index contributed by atoms with van der Waals surface area (Å²) in [5, 5.41) is 11.5. The Hall–Kier alpha value is -2.42. The average molecular weight is 341 g/mol. The maximum Gasteiger partial charge on any atom is 0.345 e. The van der Waals surface area contributed by atoms with E-state index < -0.39 is 30.0 Å². The minimum atomic E-state index is -2.73. The number of aryl methyl sites for hydroxylation is 1. The van der Waals surface area contributed by atoms with Crippen molar-refractivity contribution in [3.63, 3.8) is 0 Å². The number of aromatic nitrogens is 2. The monoisotopic (exact) mass is 341 g/mol. The van der Waals surface area contributed by atoms with Crippen LogP contribution in [0.25, 0.3) is 0 Å². The molecule has 122 valence electrons. The Labute approximate surface area is 134 Å². The van der Waals surface area contributed by atoms with Gasteiger partial charge in [0.25, 0.3) is 12.3 Å². The Kier molecular flexibility index (Phi) is 4.99. The van der Waals surface area contributed by atoms with Crippen LogP contribution in [-0.4, -0.2) is 27.0 Å². The topological polar surface area (TPSA) is 92.2 Å². The van der Waals surface area contributed by atoms with Crippen LogP contribution in [0.4, 0.5) is 8.78 Å². The van der Waals surface area contributed by atoms with Crippen molar-refractivity contribution in [1.29, 1.82) is 0 Å². The molecule has 0 bridgehead atoms. The molecule has 23 heavy (non-hydrogen) atoms. The maximum absolute atomic E-state index is 12.6. The molecule has 0 radical (unpaired) electrons. The second-order valence-corrected chi connectivity index (χ2v) is 5.98. The molecule has 0 fully saturated rings. The first-order valence-electron chi connectivity index (χ1n) is 6.55. The van der Waals surface area contributed by atoms with Crippen molar-refractivity contribution < 1.29 is 23.5 Å². The van der Waals surface area contributed by atoms with Crippen LogP contribution >= 0.6 is 11.3 Å². The molecule has 0 aliphatic rings.